The normalized spacial score (nSPS) is 29.5. The summed E-state index contributed by atoms with van der Waals surface area (Å²) in [7, 11) is 0. The van der Waals surface area contributed by atoms with Crippen molar-refractivity contribution in [1.29, 1.82) is 0 Å². The molecule has 1 heterocycles. The van der Waals surface area contributed by atoms with E-state index in [1.807, 2.05) is 0 Å². The van der Waals surface area contributed by atoms with E-state index in [0.717, 1.165) is 19.1 Å². The second-order valence-electron chi connectivity index (χ2n) is 5.10. The van der Waals surface area contributed by atoms with Crippen molar-refractivity contribution in [2.24, 2.45) is 5.92 Å². The fraction of sp³-hybridized carbons (Fsp3) is 1.00. The van der Waals surface area contributed by atoms with Crippen LogP contribution in [0.2, 0.25) is 0 Å². The van der Waals surface area contributed by atoms with Gasteiger partial charge < -0.3 is 5.11 Å². The average Bonchev–Trinajstić information content (AvgIpc) is 2.49. The third-order valence-corrected chi connectivity index (χ3v) is 3.87. The van der Waals surface area contributed by atoms with Crippen molar-refractivity contribution in [2.45, 2.75) is 51.2 Å². The number of β-amino-alcohol motifs (C(OH)–C–C–N with tert-alkyl or cyclic N) is 1. The van der Waals surface area contributed by atoms with E-state index < -0.39 is 0 Å². The van der Waals surface area contributed by atoms with Crippen molar-refractivity contribution in [3.8, 4) is 0 Å². The molecule has 0 aromatic rings. The van der Waals surface area contributed by atoms with Crippen LogP contribution >= 0.6 is 0 Å². The van der Waals surface area contributed by atoms with Gasteiger partial charge in [0.15, 0.2) is 0 Å². The van der Waals surface area contributed by atoms with E-state index in [4.69, 9.17) is 0 Å². The van der Waals surface area contributed by atoms with Crippen LogP contribution in [0, 0.1) is 5.92 Å². The zero-order chi connectivity index (χ0) is 9.47. The highest BCUT2D eigenvalue weighted by molar-refractivity contribution is 5.00. The van der Waals surface area contributed by atoms with E-state index in [9.17, 15) is 5.11 Å². The predicted molar refractivity (Wildman–Crippen MR) is 53.6 cm³/mol. The lowest BCUT2D eigenvalue weighted by Crippen LogP contribution is -2.66. The van der Waals surface area contributed by atoms with Gasteiger partial charge in [0.05, 0.1) is 5.60 Å². The topological polar surface area (TPSA) is 23.5 Å². The van der Waals surface area contributed by atoms with Gasteiger partial charge >= 0.3 is 0 Å². The number of hydrogen-bond acceptors (Lipinski definition) is 2. The Balaban J connectivity index is 1.83. The minimum absolute atomic E-state index is 0.372. The van der Waals surface area contributed by atoms with E-state index in [-0.39, 0.29) is 5.60 Å². The Labute approximate surface area is 80.9 Å². The Morgan fingerprint density at radius 3 is 2.23 bits per heavy atom. The van der Waals surface area contributed by atoms with Crippen molar-refractivity contribution in [3.05, 3.63) is 0 Å². The molecule has 1 saturated carbocycles. The van der Waals surface area contributed by atoms with Crippen molar-refractivity contribution in [2.75, 3.05) is 13.1 Å². The van der Waals surface area contributed by atoms with Crippen LogP contribution in [-0.4, -0.2) is 34.7 Å². The number of hydrogen-bond donors (Lipinski definition) is 1. The lowest BCUT2D eigenvalue weighted by molar-refractivity contribution is -0.141. The van der Waals surface area contributed by atoms with Crippen LogP contribution in [0.15, 0.2) is 0 Å². The molecule has 0 bridgehead atoms. The first kappa shape index (κ1) is 9.47. The van der Waals surface area contributed by atoms with Crippen molar-refractivity contribution in [1.82, 2.24) is 4.90 Å². The monoisotopic (exact) mass is 183 g/mol. The molecule has 0 aromatic carbocycles. The molecule has 2 heteroatoms. The third kappa shape index (κ3) is 1.62. The van der Waals surface area contributed by atoms with Gasteiger partial charge in [-0.05, 0) is 18.8 Å². The van der Waals surface area contributed by atoms with Crippen LogP contribution < -0.4 is 0 Å². The molecule has 0 spiro atoms. The molecular formula is C11H21NO. The maximum absolute atomic E-state index is 10.1. The average molecular weight is 183 g/mol. The Kier molecular flexibility index (Phi) is 2.37. The van der Waals surface area contributed by atoms with E-state index >= 15 is 0 Å². The summed E-state index contributed by atoms with van der Waals surface area (Å²) < 4.78 is 0. The summed E-state index contributed by atoms with van der Waals surface area (Å²) in [6.45, 7) is 6.06. The highest BCUT2D eigenvalue weighted by atomic mass is 16.3. The summed E-state index contributed by atoms with van der Waals surface area (Å²) in [6, 6.07) is 0.791. The molecular weight excluding hydrogens is 162 g/mol. The molecule has 2 aliphatic rings. The number of nitrogens with zero attached hydrogens (tertiary/aromatic N) is 1. The molecule has 2 nitrogen and oxygen atoms in total. The second-order valence-corrected chi connectivity index (χ2v) is 5.10. The lowest BCUT2D eigenvalue weighted by atomic mass is 9.82. The Hall–Kier alpha value is -0.0800. The summed E-state index contributed by atoms with van der Waals surface area (Å²) >= 11 is 0. The Morgan fingerprint density at radius 1 is 1.23 bits per heavy atom. The smallest absolute Gasteiger partial charge is 0.0923 e. The third-order valence-electron chi connectivity index (χ3n) is 3.87. The van der Waals surface area contributed by atoms with Crippen molar-refractivity contribution < 1.29 is 5.11 Å². The molecule has 0 unspecified atom stereocenters. The predicted octanol–water partition coefficient (Wildman–Crippen LogP) is 1.63. The standard InChI is InChI=1S/C11H21NO/c1-9(2)11(13)7-12(8-11)10-5-3-4-6-10/h9-10,13H,3-8H2,1-2H3. The molecule has 0 aromatic heterocycles. The van der Waals surface area contributed by atoms with E-state index in [2.05, 4.69) is 18.7 Å². The molecule has 13 heavy (non-hydrogen) atoms. The van der Waals surface area contributed by atoms with E-state index in [0.29, 0.717) is 5.92 Å². The zero-order valence-electron chi connectivity index (χ0n) is 8.79. The first-order chi connectivity index (χ1) is 6.12. The number of rotatable bonds is 2. The Bertz CT molecular complexity index is 179. The minimum Gasteiger partial charge on any atom is -0.387 e. The molecule has 1 saturated heterocycles. The van der Waals surface area contributed by atoms with Crippen LogP contribution in [-0.2, 0) is 0 Å². The lowest BCUT2D eigenvalue weighted by Gasteiger charge is -2.51. The van der Waals surface area contributed by atoms with Crippen LogP contribution in [0.4, 0.5) is 0 Å². The molecule has 76 valence electrons. The first-order valence-corrected chi connectivity index (χ1v) is 5.58. The molecule has 0 radical (unpaired) electrons. The highest BCUT2D eigenvalue weighted by Crippen LogP contribution is 2.34. The van der Waals surface area contributed by atoms with Crippen LogP contribution in [0.25, 0.3) is 0 Å². The second kappa shape index (κ2) is 3.25. The molecule has 1 aliphatic carbocycles. The highest BCUT2D eigenvalue weighted by Gasteiger charge is 2.46. The van der Waals surface area contributed by atoms with Gasteiger partial charge in [0.1, 0.15) is 0 Å². The van der Waals surface area contributed by atoms with Gasteiger partial charge in [-0.25, -0.2) is 0 Å². The fourth-order valence-electron chi connectivity index (χ4n) is 2.55. The van der Waals surface area contributed by atoms with Crippen LogP contribution in [0.5, 0.6) is 0 Å². The summed E-state index contributed by atoms with van der Waals surface area (Å²) in [6.07, 6.45) is 5.49. The minimum atomic E-state index is -0.372. The van der Waals surface area contributed by atoms with E-state index in [1.54, 1.807) is 0 Å². The number of likely N-dealkylation sites (tertiary alicyclic amines) is 1. The molecule has 0 amide bonds. The molecule has 1 N–H and O–H groups in total. The van der Waals surface area contributed by atoms with Crippen molar-refractivity contribution >= 4 is 0 Å². The quantitative estimate of drug-likeness (QED) is 0.703. The van der Waals surface area contributed by atoms with Crippen LogP contribution in [0.3, 0.4) is 0 Å². The van der Waals surface area contributed by atoms with Gasteiger partial charge in [-0.1, -0.05) is 26.7 Å². The maximum Gasteiger partial charge on any atom is 0.0923 e. The van der Waals surface area contributed by atoms with Gasteiger partial charge in [0.25, 0.3) is 0 Å². The van der Waals surface area contributed by atoms with E-state index in [1.165, 1.54) is 25.7 Å². The maximum atomic E-state index is 10.1. The summed E-state index contributed by atoms with van der Waals surface area (Å²) in [5, 5.41) is 10.1. The van der Waals surface area contributed by atoms with Gasteiger partial charge in [-0.15, -0.1) is 0 Å². The largest absolute Gasteiger partial charge is 0.387 e. The molecule has 2 rings (SSSR count). The van der Waals surface area contributed by atoms with Gasteiger partial charge in [-0.3, -0.25) is 4.90 Å². The van der Waals surface area contributed by atoms with Gasteiger partial charge in [-0.2, -0.15) is 0 Å². The SMILES string of the molecule is CC(C)C1(O)CN(C2CCCC2)C1. The Morgan fingerprint density at radius 2 is 1.77 bits per heavy atom. The number of aliphatic hydroxyl groups is 1. The van der Waals surface area contributed by atoms with Crippen molar-refractivity contribution in [3.63, 3.8) is 0 Å². The zero-order valence-corrected chi connectivity index (χ0v) is 8.79. The van der Waals surface area contributed by atoms with Gasteiger partial charge in [0.2, 0.25) is 0 Å². The summed E-state index contributed by atoms with van der Waals surface area (Å²) in [5.41, 5.74) is -0.372. The van der Waals surface area contributed by atoms with Crippen LogP contribution in [0.1, 0.15) is 39.5 Å². The molecule has 0 atom stereocenters. The molecule has 2 fully saturated rings. The summed E-state index contributed by atoms with van der Waals surface area (Å²) in [5.74, 6) is 0.408. The first-order valence-electron chi connectivity index (χ1n) is 5.58. The molecule has 1 aliphatic heterocycles. The summed E-state index contributed by atoms with van der Waals surface area (Å²) in [4.78, 5) is 2.47. The fourth-order valence-corrected chi connectivity index (χ4v) is 2.55. The van der Waals surface area contributed by atoms with Gasteiger partial charge in [0, 0.05) is 19.1 Å².